The number of aromatic amines is 1. The van der Waals surface area contributed by atoms with E-state index in [1.165, 1.54) is 0 Å². The van der Waals surface area contributed by atoms with Crippen LogP contribution in [0.2, 0.25) is 0 Å². The highest BCUT2D eigenvalue weighted by Crippen LogP contribution is 2.16. The third-order valence-electron chi connectivity index (χ3n) is 2.86. The molecule has 0 aromatic carbocycles. The van der Waals surface area contributed by atoms with Crippen molar-refractivity contribution >= 4 is 17.5 Å². The van der Waals surface area contributed by atoms with Gasteiger partial charge in [0.1, 0.15) is 6.04 Å². The quantitative estimate of drug-likeness (QED) is 0.586. The molecular weight excluding hydrogens is 246 g/mol. The molecule has 1 atom stereocenters. The van der Waals surface area contributed by atoms with Crippen molar-refractivity contribution in [2.75, 3.05) is 5.73 Å². The summed E-state index contributed by atoms with van der Waals surface area (Å²) in [6.45, 7) is 5.60. The average Bonchev–Trinajstić information content (AvgIpc) is 2.67. The molecule has 0 aliphatic rings. The molecule has 0 bridgehead atoms. The Morgan fingerprint density at radius 1 is 1.42 bits per heavy atom. The molecule has 0 aliphatic carbocycles. The van der Waals surface area contributed by atoms with Crippen molar-refractivity contribution < 1.29 is 9.59 Å². The van der Waals surface area contributed by atoms with Gasteiger partial charge in [0, 0.05) is 0 Å². The molecule has 0 saturated heterocycles. The molecule has 106 valence electrons. The van der Waals surface area contributed by atoms with Crippen molar-refractivity contribution in [3.05, 3.63) is 11.4 Å². The molecule has 7 heteroatoms. The Bertz CT molecular complexity index is 467. The number of amides is 2. The third kappa shape index (κ3) is 3.46. The second-order valence-electron chi connectivity index (χ2n) is 4.81. The van der Waals surface area contributed by atoms with Crippen molar-refractivity contribution in [2.24, 2.45) is 11.7 Å². The van der Waals surface area contributed by atoms with Crippen LogP contribution < -0.4 is 16.8 Å². The summed E-state index contributed by atoms with van der Waals surface area (Å²) in [6, 6.07) is -0.738. The van der Waals surface area contributed by atoms with Crippen LogP contribution in [0.4, 0.5) is 5.69 Å². The Labute approximate surface area is 112 Å². The molecule has 1 aromatic heterocycles. The van der Waals surface area contributed by atoms with Gasteiger partial charge in [0.05, 0.1) is 11.4 Å². The summed E-state index contributed by atoms with van der Waals surface area (Å²) in [7, 11) is 0. The lowest BCUT2D eigenvalue weighted by atomic mass is 10.0. The largest absolute Gasteiger partial charge is 0.395 e. The zero-order valence-electron chi connectivity index (χ0n) is 11.5. The zero-order chi connectivity index (χ0) is 14.6. The average molecular weight is 267 g/mol. The van der Waals surface area contributed by atoms with E-state index in [0.717, 1.165) is 18.5 Å². The Morgan fingerprint density at radius 2 is 2.05 bits per heavy atom. The molecule has 6 N–H and O–H groups in total. The second-order valence-corrected chi connectivity index (χ2v) is 4.81. The molecule has 0 spiro atoms. The van der Waals surface area contributed by atoms with Crippen molar-refractivity contribution in [1.29, 1.82) is 0 Å². The van der Waals surface area contributed by atoms with E-state index < -0.39 is 17.9 Å². The second kappa shape index (κ2) is 6.21. The van der Waals surface area contributed by atoms with E-state index in [9.17, 15) is 9.59 Å². The molecular formula is C12H21N5O2. The topological polar surface area (TPSA) is 127 Å². The minimum atomic E-state index is -0.738. The van der Waals surface area contributed by atoms with Crippen LogP contribution in [0, 0.1) is 5.92 Å². The van der Waals surface area contributed by atoms with Gasteiger partial charge >= 0.3 is 0 Å². The van der Waals surface area contributed by atoms with E-state index in [1.807, 2.05) is 6.92 Å². The number of nitrogens with one attached hydrogen (secondary N) is 2. The normalized spacial score (nSPS) is 12.4. The maximum Gasteiger partial charge on any atom is 0.274 e. The van der Waals surface area contributed by atoms with E-state index in [0.29, 0.717) is 5.69 Å². The van der Waals surface area contributed by atoms with Crippen LogP contribution in [0.15, 0.2) is 0 Å². The summed E-state index contributed by atoms with van der Waals surface area (Å²) in [4.78, 5) is 23.3. The summed E-state index contributed by atoms with van der Waals surface area (Å²) in [5.41, 5.74) is 12.3. The summed E-state index contributed by atoms with van der Waals surface area (Å²) >= 11 is 0. The fourth-order valence-corrected chi connectivity index (χ4v) is 1.78. The molecule has 0 fully saturated rings. The summed E-state index contributed by atoms with van der Waals surface area (Å²) < 4.78 is 0. The summed E-state index contributed by atoms with van der Waals surface area (Å²) in [6.07, 6.45) is 1.61. The van der Waals surface area contributed by atoms with Crippen LogP contribution in [0.3, 0.4) is 0 Å². The van der Waals surface area contributed by atoms with Crippen LogP contribution in [0.1, 0.15) is 43.4 Å². The van der Waals surface area contributed by atoms with Gasteiger partial charge in [-0.15, -0.1) is 0 Å². The number of H-pyrrole nitrogens is 1. The third-order valence-corrected chi connectivity index (χ3v) is 2.86. The standard InChI is InChI=1S/C12H21N5O2/c1-4-5-7-8(13)10(17-16-7)12(19)15-9(6(2)3)11(14)18/h6,9H,4-5,13H2,1-3H3,(H2,14,18)(H,15,19)(H,16,17). The smallest absolute Gasteiger partial charge is 0.274 e. The Morgan fingerprint density at radius 3 is 2.53 bits per heavy atom. The number of rotatable bonds is 6. The lowest BCUT2D eigenvalue weighted by Gasteiger charge is -2.18. The fraction of sp³-hybridized carbons (Fsp3) is 0.583. The van der Waals surface area contributed by atoms with Crippen molar-refractivity contribution in [3.63, 3.8) is 0 Å². The number of nitrogens with two attached hydrogens (primary N) is 2. The van der Waals surface area contributed by atoms with E-state index in [-0.39, 0.29) is 11.6 Å². The van der Waals surface area contributed by atoms with Gasteiger partial charge < -0.3 is 16.8 Å². The van der Waals surface area contributed by atoms with E-state index in [2.05, 4.69) is 15.5 Å². The molecule has 2 amide bonds. The van der Waals surface area contributed by atoms with Crippen LogP contribution in [-0.4, -0.2) is 28.1 Å². The molecule has 1 aromatic rings. The first-order chi connectivity index (χ1) is 8.88. The lowest BCUT2D eigenvalue weighted by molar-refractivity contribution is -0.120. The number of hydrogen-bond acceptors (Lipinski definition) is 4. The van der Waals surface area contributed by atoms with Crippen LogP contribution in [0.5, 0.6) is 0 Å². The van der Waals surface area contributed by atoms with Crippen molar-refractivity contribution in [3.8, 4) is 0 Å². The van der Waals surface area contributed by atoms with Gasteiger partial charge in [-0.2, -0.15) is 5.10 Å². The van der Waals surface area contributed by atoms with Crippen molar-refractivity contribution in [1.82, 2.24) is 15.5 Å². The van der Waals surface area contributed by atoms with Gasteiger partial charge in [0.2, 0.25) is 5.91 Å². The number of nitrogen functional groups attached to an aromatic ring is 1. The molecule has 1 heterocycles. The van der Waals surface area contributed by atoms with Gasteiger partial charge in [-0.05, 0) is 12.3 Å². The molecule has 0 radical (unpaired) electrons. The lowest BCUT2D eigenvalue weighted by Crippen LogP contribution is -2.47. The molecule has 0 aliphatic heterocycles. The minimum Gasteiger partial charge on any atom is -0.395 e. The maximum absolute atomic E-state index is 12.0. The van der Waals surface area contributed by atoms with Gasteiger partial charge in [-0.3, -0.25) is 14.7 Å². The molecule has 0 saturated carbocycles. The Balaban J connectivity index is 2.86. The molecule has 19 heavy (non-hydrogen) atoms. The molecule has 7 nitrogen and oxygen atoms in total. The first-order valence-corrected chi connectivity index (χ1v) is 6.31. The van der Waals surface area contributed by atoms with Crippen LogP contribution in [-0.2, 0) is 11.2 Å². The van der Waals surface area contributed by atoms with Gasteiger partial charge in [-0.25, -0.2) is 0 Å². The summed E-state index contributed by atoms with van der Waals surface area (Å²) in [5, 5.41) is 9.18. The highest BCUT2D eigenvalue weighted by molar-refractivity contribution is 6.00. The summed E-state index contributed by atoms with van der Waals surface area (Å²) in [5.74, 6) is -1.17. The van der Waals surface area contributed by atoms with E-state index in [4.69, 9.17) is 11.5 Å². The van der Waals surface area contributed by atoms with Crippen LogP contribution >= 0.6 is 0 Å². The SMILES string of the molecule is CCCc1[nH]nc(C(=O)NC(C(N)=O)C(C)C)c1N. The number of nitrogens with zero attached hydrogens (tertiary/aromatic N) is 1. The molecule has 1 rings (SSSR count). The molecule has 1 unspecified atom stereocenters. The van der Waals surface area contributed by atoms with E-state index >= 15 is 0 Å². The number of primary amides is 1. The fourth-order valence-electron chi connectivity index (χ4n) is 1.78. The number of hydrogen-bond donors (Lipinski definition) is 4. The zero-order valence-corrected chi connectivity index (χ0v) is 11.5. The number of carbonyl (C=O) groups is 2. The van der Waals surface area contributed by atoms with Crippen LogP contribution in [0.25, 0.3) is 0 Å². The number of aryl methyl sites for hydroxylation is 1. The van der Waals surface area contributed by atoms with Gasteiger partial charge in [0.25, 0.3) is 5.91 Å². The Kier molecular flexibility index (Phi) is 4.91. The predicted molar refractivity (Wildman–Crippen MR) is 72.3 cm³/mol. The first kappa shape index (κ1) is 15.0. The Hall–Kier alpha value is -2.05. The van der Waals surface area contributed by atoms with Gasteiger partial charge in [0.15, 0.2) is 5.69 Å². The van der Waals surface area contributed by atoms with E-state index in [1.54, 1.807) is 13.8 Å². The maximum atomic E-state index is 12.0. The predicted octanol–water partition coefficient (Wildman–Crippen LogP) is 0.184. The monoisotopic (exact) mass is 267 g/mol. The highest BCUT2D eigenvalue weighted by Gasteiger charge is 2.25. The minimum absolute atomic E-state index is 0.100. The number of anilines is 1. The van der Waals surface area contributed by atoms with Crippen molar-refractivity contribution in [2.45, 2.75) is 39.7 Å². The number of aromatic nitrogens is 2. The highest BCUT2D eigenvalue weighted by atomic mass is 16.2. The van der Waals surface area contributed by atoms with Gasteiger partial charge in [-0.1, -0.05) is 27.2 Å². The number of carbonyl (C=O) groups excluding carboxylic acids is 2. The first-order valence-electron chi connectivity index (χ1n) is 6.31.